The van der Waals surface area contributed by atoms with Crippen molar-refractivity contribution in [2.45, 2.75) is 26.4 Å². The van der Waals surface area contributed by atoms with E-state index in [0.717, 1.165) is 24.3 Å². The molecule has 0 spiro atoms. The van der Waals surface area contributed by atoms with Crippen molar-refractivity contribution in [3.05, 3.63) is 29.8 Å². The van der Waals surface area contributed by atoms with Gasteiger partial charge in [-0.2, -0.15) is 0 Å². The van der Waals surface area contributed by atoms with Crippen molar-refractivity contribution < 1.29 is 4.74 Å². The van der Waals surface area contributed by atoms with E-state index in [9.17, 15) is 0 Å². The number of hydrogen-bond donors (Lipinski definition) is 1. The van der Waals surface area contributed by atoms with Crippen LogP contribution in [-0.2, 0) is 0 Å². The van der Waals surface area contributed by atoms with Gasteiger partial charge in [-0.05, 0) is 33.0 Å². The Hall–Kier alpha value is -1.46. The van der Waals surface area contributed by atoms with Gasteiger partial charge in [-0.1, -0.05) is 24.0 Å². The second kappa shape index (κ2) is 6.92. The summed E-state index contributed by atoms with van der Waals surface area (Å²) in [5.74, 6) is 7.13. The van der Waals surface area contributed by atoms with E-state index in [0.29, 0.717) is 0 Å². The molecule has 0 saturated heterocycles. The van der Waals surface area contributed by atoms with Crippen molar-refractivity contribution in [1.29, 1.82) is 0 Å². The average Bonchev–Trinajstić information content (AvgIpc) is 2.26. The predicted molar refractivity (Wildman–Crippen MR) is 67.6 cm³/mol. The molecule has 1 N–H and O–H groups in total. The topological polar surface area (TPSA) is 21.3 Å². The van der Waals surface area contributed by atoms with Gasteiger partial charge in [0.25, 0.3) is 0 Å². The standard InChI is InChI=1S/C14H19NO/c1-12(2)16-14-10-5-4-8-13(14)9-6-7-11-15-3/h4-5,8,10,12,15H,7,11H2,1-3H3. The fourth-order valence-electron chi connectivity index (χ4n) is 1.27. The van der Waals surface area contributed by atoms with Gasteiger partial charge in [0, 0.05) is 13.0 Å². The summed E-state index contributed by atoms with van der Waals surface area (Å²) in [4.78, 5) is 0. The molecular weight excluding hydrogens is 198 g/mol. The Kier molecular flexibility index (Phi) is 5.45. The van der Waals surface area contributed by atoms with E-state index >= 15 is 0 Å². The molecule has 2 nitrogen and oxygen atoms in total. The summed E-state index contributed by atoms with van der Waals surface area (Å²) in [7, 11) is 1.93. The zero-order valence-electron chi connectivity index (χ0n) is 10.2. The van der Waals surface area contributed by atoms with Gasteiger partial charge in [0.05, 0.1) is 11.7 Å². The van der Waals surface area contributed by atoms with E-state index in [1.807, 2.05) is 45.2 Å². The lowest BCUT2D eigenvalue weighted by Crippen LogP contribution is -2.07. The van der Waals surface area contributed by atoms with Crippen LogP contribution in [0.2, 0.25) is 0 Å². The zero-order valence-corrected chi connectivity index (χ0v) is 10.2. The number of nitrogens with one attached hydrogen (secondary N) is 1. The van der Waals surface area contributed by atoms with Gasteiger partial charge < -0.3 is 10.1 Å². The van der Waals surface area contributed by atoms with E-state index in [4.69, 9.17) is 4.74 Å². The number of rotatable bonds is 4. The SMILES string of the molecule is CNCCC#Cc1ccccc1OC(C)C. The Morgan fingerprint density at radius 2 is 2.06 bits per heavy atom. The van der Waals surface area contributed by atoms with Crippen LogP contribution in [0.1, 0.15) is 25.8 Å². The van der Waals surface area contributed by atoms with Crippen LogP contribution < -0.4 is 10.1 Å². The number of para-hydroxylation sites is 1. The lowest BCUT2D eigenvalue weighted by atomic mass is 10.2. The molecule has 1 aromatic rings. The summed E-state index contributed by atoms with van der Waals surface area (Å²) < 4.78 is 5.68. The van der Waals surface area contributed by atoms with E-state index in [2.05, 4.69) is 17.2 Å². The third-order valence-electron chi connectivity index (χ3n) is 1.97. The molecule has 0 bridgehead atoms. The molecular formula is C14H19NO. The highest BCUT2D eigenvalue weighted by Gasteiger charge is 2.01. The van der Waals surface area contributed by atoms with Crippen LogP contribution in [0.25, 0.3) is 0 Å². The average molecular weight is 217 g/mol. The highest BCUT2D eigenvalue weighted by Crippen LogP contribution is 2.17. The molecule has 2 heteroatoms. The first-order valence-corrected chi connectivity index (χ1v) is 5.63. The lowest BCUT2D eigenvalue weighted by Gasteiger charge is -2.10. The minimum Gasteiger partial charge on any atom is -0.490 e. The number of hydrogen-bond acceptors (Lipinski definition) is 2. The summed E-state index contributed by atoms with van der Waals surface area (Å²) in [6.07, 6.45) is 1.03. The Labute approximate surface area is 98.0 Å². The summed E-state index contributed by atoms with van der Waals surface area (Å²) >= 11 is 0. The van der Waals surface area contributed by atoms with Crippen LogP contribution >= 0.6 is 0 Å². The fraction of sp³-hybridized carbons (Fsp3) is 0.429. The molecule has 0 aliphatic carbocycles. The first-order valence-electron chi connectivity index (χ1n) is 5.63. The summed E-state index contributed by atoms with van der Waals surface area (Å²) in [5, 5.41) is 3.07. The second-order valence-electron chi connectivity index (χ2n) is 3.82. The molecule has 0 aliphatic heterocycles. The Morgan fingerprint density at radius 1 is 1.31 bits per heavy atom. The number of ether oxygens (including phenoxy) is 1. The van der Waals surface area contributed by atoms with Crippen molar-refractivity contribution in [1.82, 2.24) is 5.32 Å². The molecule has 0 aliphatic rings. The normalized spacial score (nSPS) is 9.75. The van der Waals surface area contributed by atoms with Crippen LogP contribution in [0.4, 0.5) is 0 Å². The van der Waals surface area contributed by atoms with Crippen LogP contribution in [-0.4, -0.2) is 19.7 Å². The maximum atomic E-state index is 5.68. The largest absolute Gasteiger partial charge is 0.490 e. The molecule has 0 amide bonds. The van der Waals surface area contributed by atoms with Gasteiger partial charge in [0.15, 0.2) is 0 Å². The molecule has 0 aromatic heterocycles. The zero-order chi connectivity index (χ0) is 11.8. The Balaban J connectivity index is 2.73. The molecule has 0 unspecified atom stereocenters. The fourth-order valence-corrected chi connectivity index (χ4v) is 1.27. The first-order chi connectivity index (χ1) is 7.74. The van der Waals surface area contributed by atoms with Crippen LogP contribution in [0.3, 0.4) is 0 Å². The smallest absolute Gasteiger partial charge is 0.135 e. The predicted octanol–water partition coefficient (Wildman–Crippen LogP) is 2.43. The monoisotopic (exact) mass is 217 g/mol. The quantitative estimate of drug-likeness (QED) is 0.618. The van der Waals surface area contributed by atoms with Crippen LogP contribution in [0.5, 0.6) is 5.75 Å². The Bertz CT molecular complexity index is 374. The molecule has 1 rings (SSSR count). The minimum atomic E-state index is 0.181. The summed E-state index contributed by atoms with van der Waals surface area (Å²) in [6, 6.07) is 7.90. The number of benzene rings is 1. The van der Waals surface area contributed by atoms with Crippen LogP contribution in [0, 0.1) is 11.8 Å². The van der Waals surface area contributed by atoms with Crippen molar-refractivity contribution in [3.8, 4) is 17.6 Å². The van der Waals surface area contributed by atoms with Crippen molar-refractivity contribution in [2.75, 3.05) is 13.6 Å². The third-order valence-corrected chi connectivity index (χ3v) is 1.97. The second-order valence-corrected chi connectivity index (χ2v) is 3.82. The summed E-state index contributed by atoms with van der Waals surface area (Å²) in [6.45, 7) is 4.95. The van der Waals surface area contributed by atoms with Crippen molar-refractivity contribution in [2.24, 2.45) is 0 Å². The van der Waals surface area contributed by atoms with E-state index in [1.165, 1.54) is 0 Å². The molecule has 0 atom stereocenters. The van der Waals surface area contributed by atoms with Gasteiger partial charge in [0.2, 0.25) is 0 Å². The van der Waals surface area contributed by atoms with E-state index < -0.39 is 0 Å². The molecule has 0 saturated carbocycles. The van der Waals surface area contributed by atoms with Gasteiger partial charge >= 0.3 is 0 Å². The van der Waals surface area contributed by atoms with Crippen LogP contribution in [0.15, 0.2) is 24.3 Å². The Morgan fingerprint density at radius 3 is 2.75 bits per heavy atom. The molecule has 0 fully saturated rings. The van der Waals surface area contributed by atoms with Gasteiger partial charge in [0.1, 0.15) is 5.75 Å². The molecule has 0 heterocycles. The molecule has 16 heavy (non-hydrogen) atoms. The summed E-state index contributed by atoms with van der Waals surface area (Å²) in [5.41, 5.74) is 0.965. The van der Waals surface area contributed by atoms with Gasteiger partial charge in [-0.15, -0.1) is 0 Å². The van der Waals surface area contributed by atoms with Gasteiger partial charge in [-0.3, -0.25) is 0 Å². The third kappa shape index (κ3) is 4.37. The molecule has 86 valence electrons. The van der Waals surface area contributed by atoms with E-state index in [-0.39, 0.29) is 6.10 Å². The van der Waals surface area contributed by atoms with Gasteiger partial charge in [-0.25, -0.2) is 0 Å². The van der Waals surface area contributed by atoms with E-state index in [1.54, 1.807) is 0 Å². The molecule has 1 aromatic carbocycles. The van der Waals surface area contributed by atoms with Crippen molar-refractivity contribution >= 4 is 0 Å². The maximum Gasteiger partial charge on any atom is 0.135 e. The lowest BCUT2D eigenvalue weighted by molar-refractivity contribution is 0.242. The minimum absolute atomic E-state index is 0.181. The maximum absolute atomic E-state index is 5.68. The first kappa shape index (κ1) is 12.6. The van der Waals surface area contributed by atoms with Crippen molar-refractivity contribution in [3.63, 3.8) is 0 Å². The highest BCUT2D eigenvalue weighted by molar-refractivity contribution is 5.45. The highest BCUT2D eigenvalue weighted by atomic mass is 16.5. The molecule has 0 radical (unpaired) electrons.